The van der Waals surface area contributed by atoms with Crippen molar-refractivity contribution in [3.63, 3.8) is 0 Å². The van der Waals surface area contributed by atoms with Gasteiger partial charge in [0.05, 0.1) is 13.2 Å². The van der Waals surface area contributed by atoms with Crippen LogP contribution in [-0.4, -0.2) is 36.2 Å². The minimum Gasteiger partial charge on any atom is -0.465 e. The minimum absolute atomic E-state index is 0.277. The summed E-state index contributed by atoms with van der Waals surface area (Å²) in [6, 6.07) is 0. The highest BCUT2D eigenvalue weighted by atomic mass is 32.2. The fourth-order valence-electron chi connectivity index (χ4n) is 0.835. The van der Waals surface area contributed by atoms with Gasteiger partial charge in [-0.1, -0.05) is 6.92 Å². The van der Waals surface area contributed by atoms with Crippen molar-refractivity contribution in [2.75, 3.05) is 19.0 Å². The molecule has 0 aromatic carbocycles. The van der Waals surface area contributed by atoms with E-state index in [0.29, 0.717) is 5.75 Å². The summed E-state index contributed by atoms with van der Waals surface area (Å²) >= 11 is 1.22. The Morgan fingerprint density at radius 2 is 1.50 bits per heavy atom. The molecule has 0 atom stereocenters. The summed E-state index contributed by atoms with van der Waals surface area (Å²) in [6.45, 7) is 5.83. The smallest absolute Gasteiger partial charge is 0.330 e. The lowest BCUT2D eigenvalue weighted by molar-refractivity contribution is -0.152. The number of carbonyl (C=O) groups excluding carboxylic acids is 2. The van der Waals surface area contributed by atoms with Gasteiger partial charge in [0.2, 0.25) is 0 Å². The minimum atomic E-state index is -0.833. The first kappa shape index (κ1) is 13.3. The van der Waals surface area contributed by atoms with E-state index < -0.39 is 17.2 Å². The van der Waals surface area contributed by atoms with Crippen molar-refractivity contribution < 1.29 is 19.1 Å². The Labute approximate surface area is 88.3 Å². The third kappa shape index (κ3) is 4.50. The average molecular weight is 220 g/mol. The zero-order valence-electron chi connectivity index (χ0n) is 8.74. The molecule has 0 bridgehead atoms. The van der Waals surface area contributed by atoms with Crippen LogP contribution >= 0.6 is 11.8 Å². The molecule has 0 aliphatic carbocycles. The van der Waals surface area contributed by atoms with Gasteiger partial charge in [0, 0.05) is 0 Å². The van der Waals surface area contributed by atoms with Gasteiger partial charge in [0.25, 0.3) is 0 Å². The number of hydrogen-bond acceptors (Lipinski definition) is 5. The van der Waals surface area contributed by atoms with Crippen molar-refractivity contribution in [1.29, 1.82) is 0 Å². The van der Waals surface area contributed by atoms with Crippen molar-refractivity contribution >= 4 is 23.7 Å². The molecule has 82 valence electrons. The molecule has 0 fully saturated rings. The van der Waals surface area contributed by atoms with E-state index in [2.05, 4.69) is 0 Å². The normalized spacial score (nSPS) is 10.0. The topological polar surface area (TPSA) is 52.6 Å². The SMILES string of the molecule is CCOC(=O)C(SCC)C(=O)OCC. The number of thioether (sulfide) groups is 1. The van der Waals surface area contributed by atoms with Crippen molar-refractivity contribution in [2.24, 2.45) is 0 Å². The molecule has 0 rings (SSSR count). The van der Waals surface area contributed by atoms with Gasteiger partial charge < -0.3 is 9.47 Å². The summed E-state index contributed by atoms with van der Waals surface area (Å²) in [6.07, 6.45) is 0. The van der Waals surface area contributed by atoms with Crippen LogP contribution in [0.25, 0.3) is 0 Å². The highest BCUT2D eigenvalue weighted by Crippen LogP contribution is 2.14. The maximum absolute atomic E-state index is 11.3. The Hall–Kier alpha value is -0.710. The largest absolute Gasteiger partial charge is 0.465 e. The molecule has 0 unspecified atom stereocenters. The fourth-order valence-corrected chi connectivity index (χ4v) is 1.58. The van der Waals surface area contributed by atoms with Crippen molar-refractivity contribution in [3.8, 4) is 0 Å². The van der Waals surface area contributed by atoms with E-state index in [1.54, 1.807) is 13.8 Å². The van der Waals surface area contributed by atoms with Crippen LogP contribution in [0.4, 0.5) is 0 Å². The van der Waals surface area contributed by atoms with Crippen LogP contribution in [0.1, 0.15) is 20.8 Å². The van der Waals surface area contributed by atoms with Crippen LogP contribution in [-0.2, 0) is 19.1 Å². The van der Waals surface area contributed by atoms with Gasteiger partial charge in [0.1, 0.15) is 0 Å². The van der Waals surface area contributed by atoms with Gasteiger partial charge >= 0.3 is 11.9 Å². The lowest BCUT2D eigenvalue weighted by Crippen LogP contribution is -2.31. The third-order valence-corrected chi connectivity index (χ3v) is 2.39. The first-order valence-corrected chi connectivity index (χ1v) is 5.67. The summed E-state index contributed by atoms with van der Waals surface area (Å²) < 4.78 is 9.53. The van der Waals surface area contributed by atoms with Crippen molar-refractivity contribution in [1.82, 2.24) is 0 Å². The first-order chi connectivity index (χ1) is 6.67. The van der Waals surface area contributed by atoms with Gasteiger partial charge in [0.15, 0.2) is 5.25 Å². The highest BCUT2D eigenvalue weighted by Gasteiger charge is 2.29. The second-order valence-corrected chi connectivity index (χ2v) is 3.72. The summed E-state index contributed by atoms with van der Waals surface area (Å²) in [5.41, 5.74) is 0. The number of carbonyl (C=O) groups is 2. The zero-order chi connectivity index (χ0) is 11.0. The molecule has 0 aliphatic heterocycles. The molecule has 0 heterocycles. The van der Waals surface area contributed by atoms with E-state index in [1.807, 2.05) is 6.92 Å². The maximum Gasteiger partial charge on any atom is 0.330 e. The molecule has 0 aromatic rings. The van der Waals surface area contributed by atoms with Crippen molar-refractivity contribution in [3.05, 3.63) is 0 Å². The van der Waals surface area contributed by atoms with Gasteiger partial charge in [-0.3, -0.25) is 9.59 Å². The summed E-state index contributed by atoms with van der Waals surface area (Å²) in [4.78, 5) is 22.6. The monoisotopic (exact) mass is 220 g/mol. The van der Waals surface area contributed by atoms with Crippen LogP contribution in [0.2, 0.25) is 0 Å². The number of rotatable bonds is 6. The predicted octanol–water partition coefficient (Wildman–Crippen LogP) is 1.23. The molecule has 14 heavy (non-hydrogen) atoms. The summed E-state index contributed by atoms with van der Waals surface area (Å²) in [5, 5.41) is -0.833. The standard InChI is InChI=1S/C9H16O4S/c1-4-12-8(10)7(14-6-3)9(11)13-5-2/h7H,4-6H2,1-3H3. The highest BCUT2D eigenvalue weighted by molar-refractivity contribution is 8.01. The molecule has 0 aromatic heterocycles. The van der Waals surface area contributed by atoms with Crippen LogP contribution in [0.3, 0.4) is 0 Å². The maximum atomic E-state index is 11.3. The van der Waals surface area contributed by atoms with Crippen LogP contribution in [0.5, 0.6) is 0 Å². The Bertz CT molecular complexity index is 175. The Morgan fingerprint density at radius 1 is 1.07 bits per heavy atom. The summed E-state index contributed by atoms with van der Waals surface area (Å²) in [5.74, 6) is -0.363. The average Bonchev–Trinajstić information content (AvgIpc) is 2.14. The fraction of sp³-hybridized carbons (Fsp3) is 0.778. The van der Waals surface area contributed by atoms with E-state index in [0.717, 1.165) is 0 Å². The molecule has 0 radical (unpaired) electrons. The number of esters is 2. The van der Waals surface area contributed by atoms with E-state index in [4.69, 9.17) is 9.47 Å². The molecule has 0 amide bonds. The van der Waals surface area contributed by atoms with E-state index in [1.165, 1.54) is 11.8 Å². The molecular formula is C9H16O4S. The number of ether oxygens (including phenoxy) is 2. The Morgan fingerprint density at radius 3 is 1.79 bits per heavy atom. The van der Waals surface area contributed by atoms with Gasteiger partial charge in [-0.05, 0) is 19.6 Å². The van der Waals surface area contributed by atoms with Gasteiger partial charge in [-0.15, -0.1) is 11.8 Å². The molecule has 4 nitrogen and oxygen atoms in total. The molecule has 0 spiro atoms. The van der Waals surface area contributed by atoms with Crippen LogP contribution in [0, 0.1) is 0 Å². The van der Waals surface area contributed by atoms with E-state index in [-0.39, 0.29) is 13.2 Å². The van der Waals surface area contributed by atoms with Crippen LogP contribution in [0.15, 0.2) is 0 Å². The summed E-state index contributed by atoms with van der Waals surface area (Å²) in [7, 11) is 0. The third-order valence-electron chi connectivity index (χ3n) is 1.33. The molecule has 0 saturated heterocycles. The zero-order valence-corrected chi connectivity index (χ0v) is 9.56. The quantitative estimate of drug-likeness (QED) is 0.498. The molecule has 0 N–H and O–H groups in total. The second-order valence-electron chi connectivity index (χ2n) is 2.34. The van der Waals surface area contributed by atoms with Crippen molar-refractivity contribution in [2.45, 2.75) is 26.0 Å². The number of hydrogen-bond donors (Lipinski definition) is 0. The van der Waals surface area contributed by atoms with Gasteiger partial charge in [-0.25, -0.2) is 0 Å². The lowest BCUT2D eigenvalue weighted by Gasteiger charge is -2.12. The first-order valence-electron chi connectivity index (χ1n) is 4.62. The lowest BCUT2D eigenvalue weighted by atomic mass is 10.4. The molecule has 0 saturated carbocycles. The van der Waals surface area contributed by atoms with E-state index >= 15 is 0 Å². The second kappa shape index (κ2) is 7.67. The molecule has 5 heteroatoms. The Kier molecular flexibility index (Phi) is 7.28. The van der Waals surface area contributed by atoms with E-state index in [9.17, 15) is 9.59 Å². The van der Waals surface area contributed by atoms with Gasteiger partial charge in [-0.2, -0.15) is 0 Å². The Balaban J connectivity index is 4.25. The van der Waals surface area contributed by atoms with Crippen LogP contribution < -0.4 is 0 Å². The predicted molar refractivity (Wildman–Crippen MR) is 55.2 cm³/mol. The molecule has 0 aliphatic rings. The molecular weight excluding hydrogens is 204 g/mol.